The third-order valence-electron chi connectivity index (χ3n) is 5.07. The molecule has 3 aromatic rings. The number of anilines is 1. The first kappa shape index (κ1) is 17.7. The predicted octanol–water partition coefficient (Wildman–Crippen LogP) is 4.60. The summed E-state index contributed by atoms with van der Waals surface area (Å²) >= 11 is 12.7. The Morgan fingerprint density at radius 2 is 2.00 bits per heavy atom. The van der Waals surface area contributed by atoms with Crippen LogP contribution < -0.4 is 5.32 Å². The summed E-state index contributed by atoms with van der Waals surface area (Å²) in [6.45, 7) is 2.19. The average molecular weight is 410 g/mol. The van der Waals surface area contributed by atoms with E-state index in [0.29, 0.717) is 22.8 Å². The Kier molecular flexibility index (Phi) is 4.86. The van der Waals surface area contributed by atoms with Crippen LogP contribution in [0.15, 0.2) is 24.5 Å². The van der Waals surface area contributed by atoms with Gasteiger partial charge in [0.2, 0.25) is 0 Å². The summed E-state index contributed by atoms with van der Waals surface area (Å²) in [5.74, 6) is 0.514. The number of rotatable bonds is 4. The van der Waals surface area contributed by atoms with Crippen molar-refractivity contribution in [3.05, 3.63) is 40.5 Å². The number of nitrogens with zero attached hydrogens (tertiary/aromatic N) is 4. The number of nitrogens with one attached hydrogen (secondary N) is 1. The van der Waals surface area contributed by atoms with Crippen molar-refractivity contribution in [1.82, 2.24) is 19.6 Å². The Hall–Kier alpha value is -1.70. The lowest BCUT2D eigenvalue weighted by atomic mass is 10.1. The van der Waals surface area contributed by atoms with Crippen LogP contribution in [0.2, 0.25) is 22.3 Å². The molecule has 136 valence electrons. The Balaban J connectivity index is 1.90. The standard InChI is InChI=1S/C17H18Cl2FN5Si/c1-10(26-7-2-3-8-26)23-16-14(13-11(18)5-4-6-12(13)20)15(19)24-17-21-9-22-25(16)17/h4-6,9-10,23,26H,2-3,7-8H2,1H3. The van der Waals surface area contributed by atoms with Crippen molar-refractivity contribution in [3.8, 4) is 11.1 Å². The molecule has 5 nitrogen and oxygen atoms in total. The minimum absolute atomic E-state index is 0.153. The third kappa shape index (κ3) is 3.08. The van der Waals surface area contributed by atoms with Crippen LogP contribution in [0, 0.1) is 5.82 Å². The van der Waals surface area contributed by atoms with E-state index in [1.165, 1.54) is 37.3 Å². The van der Waals surface area contributed by atoms with Crippen LogP contribution in [0.5, 0.6) is 0 Å². The molecule has 3 heterocycles. The summed E-state index contributed by atoms with van der Waals surface area (Å²) in [5.41, 5.74) is 0.964. The molecule has 1 aliphatic rings. The number of hydrogen-bond acceptors (Lipinski definition) is 4. The Morgan fingerprint density at radius 3 is 2.73 bits per heavy atom. The van der Waals surface area contributed by atoms with Gasteiger partial charge in [0, 0.05) is 11.2 Å². The zero-order valence-electron chi connectivity index (χ0n) is 14.2. The van der Waals surface area contributed by atoms with Crippen molar-refractivity contribution in [1.29, 1.82) is 0 Å². The summed E-state index contributed by atoms with van der Waals surface area (Å²) in [6, 6.07) is 7.19. The summed E-state index contributed by atoms with van der Waals surface area (Å²) < 4.78 is 16.2. The van der Waals surface area contributed by atoms with Gasteiger partial charge >= 0.3 is 0 Å². The number of hydrogen-bond donors (Lipinski definition) is 1. The summed E-state index contributed by atoms with van der Waals surface area (Å²) in [5, 5.41) is 8.24. The largest absolute Gasteiger partial charge is 0.370 e. The van der Waals surface area contributed by atoms with Crippen molar-refractivity contribution in [3.63, 3.8) is 0 Å². The maximum absolute atomic E-state index is 14.6. The fraction of sp³-hybridized carbons (Fsp3) is 0.353. The van der Waals surface area contributed by atoms with E-state index in [0.717, 1.165) is 0 Å². The van der Waals surface area contributed by atoms with Gasteiger partial charge in [-0.05, 0) is 19.1 Å². The Labute approximate surface area is 162 Å². The molecule has 9 heteroatoms. The van der Waals surface area contributed by atoms with Gasteiger partial charge in [0.05, 0.1) is 19.4 Å². The van der Waals surface area contributed by atoms with Gasteiger partial charge in [-0.1, -0.05) is 54.2 Å². The van der Waals surface area contributed by atoms with E-state index in [9.17, 15) is 4.39 Å². The highest BCUT2D eigenvalue weighted by molar-refractivity contribution is 6.61. The molecule has 0 spiro atoms. The molecule has 1 aromatic carbocycles. The third-order valence-corrected chi connectivity index (χ3v) is 9.54. The van der Waals surface area contributed by atoms with Gasteiger partial charge in [-0.15, -0.1) is 0 Å². The molecule has 0 bridgehead atoms. The fourth-order valence-electron chi connectivity index (χ4n) is 3.70. The number of fused-ring (bicyclic) bond motifs is 1. The smallest absolute Gasteiger partial charge is 0.255 e. The van der Waals surface area contributed by atoms with E-state index in [-0.39, 0.29) is 15.7 Å². The molecule has 26 heavy (non-hydrogen) atoms. The number of halogens is 3. The van der Waals surface area contributed by atoms with Gasteiger partial charge in [-0.3, -0.25) is 0 Å². The van der Waals surface area contributed by atoms with Crippen LogP contribution in [-0.2, 0) is 0 Å². The van der Waals surface area contributed by atoms with Gasteiger partial charge in [0.15, 0.2) is 0 Å². The van der Waals surface area contributed by atoms with Gasteiger partial charge in [-0.25, -0.2) is 4.39 Å². The first-order valence-corrected chi connectivity index (χ1v) is 11.7. The molecule has 2 aromatic heterocycles. The summed E-state index contributed by atoms with van der Waals surface area (Å²) in [6.07, 6.45) is 4.00. The maximum atomic E-state index is 14.6. The molecule has 1 N–H and O–H groups in total. The lowest BCUT2D eigenvalue weighted by Crippen LogP contribution is -2.33. The highest BCUT2D eigenvalue weighted by Crippen LogP contribution is 2.40. The summed E-state index contributed by atoms with van der Waals surface area (Å²) in [7, 11) is -0.924. The molecule has 0 radical (unpaired) electrons. The number of benzene rings is 1. The van der Waals surface area contributed by atoms with Gasteiger partial charge in [-0.2, -0.15) is 19.6 Å². The highest BCUT2D eigenvalue weighted by atomic mass is 35.5. The van der Waals surface area contributed by atoms with Crippen molar-refractivity contribution in [2.45, 2.75) is 37.5 Å². The fourth-order valence-corrected chi connectivity index (χ4v) is 7.52. The van der Waals surface area contributed by atoms with E-state index < -0.39 is 14.6 Å². The SMILES string of the molecule is CC(Nc1c(-c2c(F)cccc2Cl)c(Cl)nc2ncnn12)[SiH]1CCCC1. The zero-order chi connectivity index (χ0) is 18.3. The lowest BCUT2D eigenvalue weighted by Gasteiger charge is -2.23. The molecule has 1 atom stereocenters. The van der Waals surface area contributed by atoms with Crippen LogP contribution in [0.4, 0.5) is 10.2 Å². The molecule has 0 saturated carbocycles. The van der Waals surface area contributed by atoms with Crippen molar-refractivity contribution in [2.24, 2.45) is 0 Å². The first-order chi connectivity index (χ1) is 12.6. The van der Waals surface area contributed by atoms with E-state index in [1.807, 2.05) is 0 Å². The Bertz CT molecular complexity index is 937. The van der Waals surface area contributed by atoms with E-state index in [4.69, 9.17) is 23.2 Å². The summed E-state index contributed by atoms with van der Waals surface area (Å²) in [4.78, 5) is 8.39. The average Bonchev–Trinajstić information content (AvgIpc) is 3.28. The second kappa shape index (κ2) is 7.13. The molecule has 1 fully saturated rings. The normalized spacial score (nSPS) is 16.3. The molecule has 4 rings (SSSR count). The van der Waals surface area contributed by atoms with E-state index in [2.05, 4.69) is 27.3 Å². The van der Waals surface area contributed by atoms with Gasteiger partial charge < -0.3 is 5.32 Å². The molecule has 1 unspecified atom stereocenters. The first-order valence-electron chi connectivity index (χ1n) is 8.66. The van der Waals surface area contributed by atoms with E-state index >= 15 is 0 Å². The minimum Gasteiger partial charge on any atom is -0.370 e. The van der Waals surface area contributed by atoms with Crippen molar-refractivity contribution in [2.75, 3.05) is 5.32 Å². The highest BCUT2D eigenvalue weighted by Gasteiger charge is 2.27. The topological polar surface area (TPSA) is 55.1 Å². The molecule has 1 saturated heterocycles. The van der Waals surface area contributed by atoms with Gasteiger partial charge in [0.1, 0.15) is 23.1 Å². The van der Waals surface area contributed by atoms with Crippen LogP contribution in [0.25, 0.3) is 16.9 Å². The molecule has 1 aliphatic heterocycles. The molecule has 0 amide bonds. The maximum Gasteiger partial charge on any atom is 0.255 e. The van der Waals surface area contributed by atoms with E-state index in [1.54, 1.807) is 16.6 Å². The quantitative estimate of drug-likeness (QED) is 0.505. The minimum atomic E-state index is -0.924. The lowest BCUT2D eigenvalue weighted by molar-refractivity contribution is 0.631. The zero-order valence-corrected chi connectivity index (χ0v) is 16.9. The van der Waals surface area contributed by atoms with Crippen LogP contribution in [0.3, 0.4) is 0 Å². The van der Waals surface area contributed by atoms with Crippen molar-refractivity contribution >= 4 is 43.6 Å². The Morgan fingerprint density at radius 1 is 1.23 bits per heavy atom. The van der Waals surface area contributed by atoms with Crippen LogP contribution in [0.1, 0.15) is 19.8 Å². The van der Waals surface area contributed by atoms with Crippen molar-refractivity contribution < 1.29 is 4.39 Å². The van der Waals surface area contributed by atoms with Crippen LogP contribution in [-0.4, -0.2) is 34.0 Å². The second-order valence-electron chi connectivity index (χ2n) is 6.67. The molecule has 0 aliphatic carbocycles. The second-order valence-corrected chi connectivity index (χ2v) is 11.1. The van der Waals surface area contributed by atoms with Gasteiger partial charge in [0.25, 0.3) is 5.78 Å². The monoisotopic (exact) mass is 409 g/mol. The number of aromatic nitrogens is 4. The molecular formula is C17H18Cl2FN5Si. The predicted molar refractivity (Wildman–Crippen MR) is 105 cm³/mol. The van der Waals surface area contributed by atoms with Crippen LogP contribution >= 0.6 is 23.2 Å². The molecular weight excluding hydrogens is 392 g/mol.